The molecule has 1 saturated carbocycles. The van der Waals surface area contributed by atoms with Crippen LogP contribution >= 0.6 is 0 Å². The highest BCUT2D eigenvalue weighted by Gasteiger charge is 2.46. The second-order valence-electron chi connectivity index (χ2n) is 6.82. The molecule has 3 heteroatoms. The van der Waals surface area contributed by atoms with Crippen molar-refractivity contribution >= 4 is 11.6 Å². The Labute approximate surface area is 119 Å². The maximum Gasteiger partial charge on any atom is 0.225 e. The first-order chi connectivity index (χ1) is 9.83. The number of hydrogen-bond acceptors (Lipinski definition) is 2. The number of anilines is 1. The molecule has 2 fully saturated rings. The van der Waals surface area contributed by atoms with Gasteiger partial charge in [0.2, 0.25) is 5.91 Å². The Hall–Kier alpha value is -1.51. The van der Waals surface area contributed by atoms with Gasteiger partial charge >= 0.3 is 0 Å². The van der Waals surface area contributed by atoms with Crippen molar-refractivity contribution in [3.05, 3.63) is 29.3 Å². The number of amides is 1. The summed E-state index contributed by atoms with van der Waals surface area (Å²) in [4.78, 5) is 17.1. The lowest BCUT2D eigenvalue weighted by molar-refractivity contribution is -0.133. The van der Waals surface area contributed by atoms with Crippen molar-refractivity contribution in [1.29, 1.82) is 0 Å². The van der Waals surface area contributed by atoms with E-state index in [9.17, 15) is 4.79 Å². The molecule has 1 aromatic carbocycles. The van der Waals surface area contributed by atoms with E-state index in [-0.39, 0.29) is 0 Å². The van der Waals surface area contributed by atoms with Gasteiger partial charge in [-0.1, -0.05) is 18.2 Å². The molecule has 0 N–H and O–H groups in total. The van der Waals surface area contributed by atoms with Crippen molar-refractivity contribution in [1.82, 2.24) is 4.90 Å². The topological polar surface area (TPSA) is 23.6 Å². The number of hydrogen-bond donors (Lipinski definition) is 0. The minimum atomic E-state index is 0.364. The summed E-state index contributed by atoms with van der Waals surface area (Å²) < 4.78 is 0. The Balaban J connectivity index is 1.49. The van der Waals surface area contributed by atoms with Crippen LogP contribution in [0.15, 0.2) is 18.2 Å². The molecule has 1 amide bonds. The Morgan fingerprint density at radius 1 is 1.15 bits per heavy atom. The standard InChI is InChI=1S/C17H20N2O/c20-17(12-4-5-12)18-8-7-15-14(10-18)13-3-1-2-11-6-9-19(15)16(11)13/h1-3,12,14-15H,4-10H2/t14-,15-/m0/s1. The number of carbonyl (C=O) groups is 1. The average molecular weight is 268 g/mol. The second kappa shape index (κ2) is 3.78. The van der Waals surface area contributed by atoms with Gasteiger partial charge in [0.1, 0.15) is 0 Å². The Bertz CT molecular complexity index is 593. The molecule has 104 valence electrons. The molecular formula is C17H20N2O. The number of piperidine rings is 1. The number of rotatable bonds is 1. The van der Waals surface area contributed by atoms with E-state index in [0.29, 0.717) is 23.8 Å². The molecule has 1 aromatic rings. The summed E-state index contributed by atoms with van der Waals surface area (Å²) >= 11 is 0. The summed E-state index contributed by atoms with van der Waals surface area (Å²) in [6, 6.07) is 7.44. The second-order valence-corrected chi connectivity index (χ2v) is 6.82. The summed E-state index contributed by atoms with van der Waals surface area (Å²) in [5, 5.41) is 0. The minimum absolute atomic E-state index is 0.364. The first-order valence-corrected chi connectivity index (χ1v) is 8.00. The average Bonchev–Trinajstić information content (AvgIpc) is 3.17. The third-order valence-electron chi connectivity index (χ3n) is 5.67. The molecular weight excluding hydrogens is 248 g/mol. The SMILES string of the molecule is O=C(C1CC1)N1CC[C@H]2[C@@H](C1)c1cccc3c1N2CC3. The smallest absolute Gasteiger partial charge is 0.225 e. The summed E-state index contributed by atoms with van der Waals surface area (Å²) in [6.45, 7) is 3.10. The number of para-hydroxylation sites is 1. The molecule has 0 spiro atoms. The highest BCUT2D eigenvalue weighted by atomic mass is 16.2. The van der Waals surface area contributed by atoms with Crippen molar-refractivity contribution in [3.63, 3.8) is 0 Å². The summed E-state index contributed by atoms with van der Waals surface area (Å²) in [5.74, 6) is 1.35. The molecule has 1 saturated heterocycles. The fourth-order valence-corrected chi connectivity index (χ4v) is 4.55. The van der Waals surface area contributed by atoms with Crippen LogP contribution < -0.4 is 4.90 Å². The van der Waals surface area contributed by atoms with Crippen molar-refractivity contribution in [3.8, 4) is 0 Å². The predicted octanol–water partition coefficient (Wildman–Crippen LogP) is 2.16. The highest BCUT2D eigenvalue weighted by molar-refractivity contribution is 5.81. The maximum absolute atomic E-state index is 12.3. The Morgan fingerprint density at radius 2 is 2.05 bits per heavy atom. The molecule has 20 heavy (non-hydrogen) atoms. The van der Waals surface area contributed by atoms with Gasteiger partial charge in [0, 0.05) is 43.2 Å². The van der Waals surface area contributed by atoms with E-state index in [1.165, 1.54) is 29.8 Å². The molecule has 3 nitrogen and oxygen atoms in total. The van der Waals surface area contributed by atoms with E-state index in [2.05, 4.69) is 28.0 Å². The van der Waals surface area contributed by atoms with Gasteiger partial charge in [-0.25, -0.2) is 0 Å². The first-order valence-electron chi connectivity index (χ1n) is 8.00. The molecule has 3 aliphatic heterocycles. The van der Waals surface area contributed by atoms with Gasteiger partial charge in [-0.3, -0.25) is 4.79 Å². The predicted molar refractivity (Wildman–Crippen MR) is 77.9 cm³/mol. The lowest BCUT2D eigenvalue weighted by Crippen LogP contribution is -2.48. The molecule has 2 atom stereocenters. The van der Waals surface area contributed by atoms with Crippen LogP contribution in [0.2, 0.25) is 0 Å². The molecule has 1 aliphatic carbocycles. The monoisotopic (exact) mass is 268 g/mol. The molecule has 0 bridgehead atoms. The van der Waals surface area contributed by atoms with Gasteiger partial charge in [-0.05, 0) is 36.8 Å². The number of fused-ring (bicyclic) bond motifs is 3. The third kappa shape index (κ3) is 1.38. The van der Waals surface area contributed by atoms with E-state index in [1.54, 1.807) is 0 Å². The number of carbonyl (C=O) groups excluding carboxylic acids is 1. The Kier molecular flexibility index (Phi) is 2.11. The van der Waals surface area contributed by atoms with E-state index < -0.39 is 0 Å². The van der Waals surface area contributed by atoms with Crippen molar-refractivity contribution in [2.45, 2.75) is 37.6 Å². The zero-order chi connectivity index (χ0) is 13.3. The van der Waals surface area contributed by atoms with Gasteiger partial charge in [0.05, 0.1) is 0 Å². The lowest BCUT2D eigenvalue weighted by Gasteiger charge is -2.38. The molecule has 4 aliphatic rings. The van der Waals surface area contributed by atoms with Crippen LogP contribution in [0.25, 0.3) is 0 Å². The largest absolute Gasteiger partial charge is 0.367 e. The lowest BCUT2D eigenvalue weighted by atomic mass is 9.87. The van der Waals surface area contributed by atoms with Gasteiger partial charge < -0.3 is 9.80 Å². The quantitative estimate of drug-likeness (QED) is 0.779. The van der Waals surface area contributed by atoms with Gasteiger partial charge in [-0.2, -0.15) is 0 Å². The Morgan fingerprint density at radius 3 is 2.90 bits per heavy atom. The zero-order valence-corrected chi connectivity index (χ0v) is 11.7. The van der Waals surface area contributed by atoms with Crippen molar-refractivity contribution < 1.29 is 4.79 Å². The van der Waals surface area contributed by atoms with Crippen LogP contribution in [-0.2, 0) is 11.2 Å². The van der Waals surface area contributed by atoms with Gasteiger partial charge in [0.25, 0.3) is 0 Å². The van der Waals surface area contributed by atoms with Crippen LogP contribution in [0.5, 0.6) is 0 Å². The van der Waals surface area contributed by atoms with Crippen LogP contribution in [0, 0.1) is 5.92 Å². The third-order valence-corrected chi connectivity index (χ3v) is 5.67. The summed E-state index contributed by atoms with van der Waals surface area (Å²) in [6.07, 6.45) is 4.60. The number of benzene rings is 1. The highest BCUT2D eigenvalue weighted by Crippen LogP contribution is 2.49. The van der Waals surface area contributed by atoms with Gasteiger partial charge in [-0.15, -0.1) is 0 Å². The maximum atomic E-state index is 12.3. The number of likely N-dealkylation sites (tertiary alicyclic amines) is 1. The fraction of sp³-hybridized carbons (Fsp3) is 0.588. The minimum Gasteiger partial charge on any atom is -0.367 e. The van der Waals surface area contributed by atoms with Gasteiger partial charge in [0.15, 0.2) is 0 Å². The van der Waals surface area contributed by atoms with Crippen LogP contribution in [0.3, 0.4) is 0 Å². The normalized spacial score (nSPS) is 30.4. The number of nitrogens with zero attached hydrogens (tertiary/aromatic N) is 2. The molecule has 3 heterocycles. The molecule has 0 radical (unpaired) electrons. The molecule has 5 rings (SSSR count). The van der Waals surface area contributed by atoms with E-state index >= 15 is 0 Å². The van der Waals surface area contributed by atoms with E-state index in [1.807, 2.05) is 0 Å². The van der Waals surface area contributed by atoms with Crippen molar-refractivity contribution in [2.24, 2.45) is 5.92 Å². The zero-order valence-electron chi connectivity index (χ0n) is 11.7. The van der Waals surface area contributed by atoms with E-state index in [4.69, 9.17) is 0 Å². The molecule has 0 unspecified atom stereocenters. The van der Waals surface area contributed by atoms with Crippen molar-refractivity contribution in [2.75, 3.05) is 24.5 Å². The van der Waals surface area contributed by atoms with E-state index in [0.717, 1.165) is 32.4 Å². The fourth-order valence-electron chi connectivity index (χ4n) is 4.55. The van der Waals surface area contributed by atoms with Crippen LogP contribution in [-0.4, -0.2) is 36.5 Å². The summed E-state index contributed by atoms with van der Waals surface area (Å²) in [7, 11) is 0. The first kappa shape index (κ1) is 11.2. The summed E-state index contributed by atoms with van der Waals surface area (Å²) in [5.41, 5.74) is 4.55. The molecule has 0 aromatic heterocycles. The van der Waals surface area contributed by atoms with Crippen LogP contribution in [0.4, 0.5) is 5.69 Å². The van der Waals surface area contributed by atoms with Crippen LogP contribution in [0.1, 0.15) is 36.3 Å².